The fraction of sp³-hybridized carbons (Fsp3) is 0.312. The van der Waals surface area contributed by atoms with Crippen molar-refractivity contribution in [3.63, 3.8) is 0 Å². The summed E-state index contributed by atoms with van der Waals surface area (Å²) in [6.07, 6.45) is 2.74. The number of imidazole rings is 1. The van der Waals surface area contributed by atoms with Crippen LogP contribution in [-0.4, -0.2) is 45.5 Å². The molecule has 3 aromatic rings. The fourth-order valence-corrected chi connectivity index (χ4v) is 4.51. The van der Waals surface area contributed by atoms with E-state index in [4.69, 9.17) is 4.52 Å². The summed E-state index contributed by atoms with van der Waals surface area (Å²) >= 11 is 0. The summed E-state index contributed by atoms with van der Waals surface area (Å²) in [5.74, 6) is -0.623. The Morgan fingerprint density at radius 2 is 2.00 bits per heavy atom. The van der Waals surface area contributed by atoms with Gasteiger partial charge in [0.05, 0.1) is 6.54 Å². The Hall–Kier alpha value is -2.66. The van der Waals surface area contributed by atoms with E-state index < -0.39 is 28.1 Å². The van der Waals surface area contributed by atoms with Gasteiger partial charge in [-0.3, -0.25) is 0 Å². The molecule has 1 saturated heterocycles. The van der Waals surface area contributed by atoms with Gasteiger partial charge in [-0.25, -0.2) is 22.2 Å². The van der Waals surface area contributed by atoms with E-state index in [0.29, 0.717) is 5.56 Å². The number of alkyl halides is 1. The second-order valence-electron chi connectivity index (χ2n) is 6.30. The van der Waals surface area contributed by atoms with Gasteiger partial charge in [-0.15, -0.1) is 0 Å². The Kier molecular flexibility index (Phi) is 4.07. The van der Waals surface area contributed by atoms with Crippen LogP contribution in [0.15, 0.2) is 46.3 Å². The number of aryl methyl sites for hydroxylation is 1. The zero-order valence-corrected chi connectivity index (χ0v) is 15.0. The molecule has 8 nitrogen and oxygen atoms in total. The molecule has 4 rings (SSSR count). The maximum atomic E-state index is 15.4. The van der Waals surface area contributed by atoms with Crippen LogP contribution in [0, 0.1) is 5.82 Å². The third-order valence-electron chi connectivity index (χ3n) is 4.44. The summed E-state index contributed by atoms with van der Waals surface area (Å²) < 4.78 is 61.1. The molecule has 3 heterocycles. The Morgan fingerprint density at radius 3 is 2.67 bits per heavy atom. The molecule has 0 N–H and O–H groups in total. The third-order valence-corrected chi connectivity index (χ3v) is 6.29. The maximum absolute atomic E-state index is 15.4. The molecule has 2 aromatic heterocycles. The van der Waals surface area contributed by atoms with Crippen LogP contribution in [0.2, 0.25) is 0 Å². The highest BCUT2D eigenvalue weighted by Gasteiger charge is 2.49. The standard InChI is InChI=1S/C16H15F2N5O3S/c1-22-9-7-19-15(22)27(24,25)23-8-6-16(18,10-23)14-20-13(21-26-14)11-2-4-12(17)5-3-11/h2-5,7,9H,6,8,10H2,1H3. The van der Waals surface area contributed by atoms with E-state index >= 15 is 4.39 Å². The third kappa shape index (κ3) is 3.02. The maximum Gasteiger partial charge on any atom is 0.277 e. The van der Waals surface area contributed by atoms with Gasteiger partial charge in [0.25, 0.3) is 15.9 Å². The van der Waals surface area contributed by atoms with Gasteiger partial charge in [0.1, 0.15) is 5.82 Å². The number of sulfonamides is 1. The number of aromatic nitrogens is 4. The number of rotatable bonds is 4. The molecule has 0 amide bonds. The first-order valence-corrected chi connectivity index (χ1v) is 9.50. The summed E-state index contributed by atoms with van der Waals surface area (Å²) in [6, 6.07) is 5.35. The van der Waals surface area contributed by atoms with Gasteiger partial charge in [0, 0.05) is 38.0 Å². The van der Waals surface area contributed by atoms with Crippen LogP contribution >= 0.6 is 0 Å². The highest BCUT2D eigenvalue weighted by molar-refractivity contribution is 7.89. The quantitative estimate of drug-likeness (QED) is 0.669. The molecule has 11 heteroatoms. The molecule has 0 spiro atoms. The van der Waals surface area contributed by atoms with E-state index in [2.05, 4.69) is 15.1 Å². The van der Waals surface area contributed by atoms with Crippen molar-refractivity contribution in [1.82, 2.24) is 24.0 Å². The first-order chi connectivity index (χ1) is 12.8. The van der Waals surface area contributed by atoms with E-state index in [1.807, 2.05) is 0 Å². The lowest BCUT2D eigenvalue weighted by molar-refractivity contribution is 0.127. The fourth-order valence-electron chi connectivity index (χ4n) is 2.96. The first-order valence-electron chi connectivity index (χ1n) is 8.06. The van der Waals surface area contributed by atoms with E-state index in [9.17, 15) is 12.8 Å². The van der Waals surface area contributed by atoms with Gasteiger partial charge in [-0.05, 0) is 24.3 Å². The molecule has 1 fully saturated rings. The number of nitrogens with zero attached hydrogens (tertiary/aromatic N) is 5. The minimum absolute atomic E-state index is 0.0417. The lowest BCUT2D eigenvalue weighted by Gasteiger charge is -2.17. The monoisotopic (exact) mass is 395 g/mol. The normalized spacial score (nSPS) is 21.0. The van der Waals surface area contributed by atoms with Gasteiger partial charge in [-0.1, -0.05) is 5.16 Å². The molecule has 0 saturated carbocycles. The largest absolute Gasteiger partial charge is 0.335 e. The van der Waals surface area contributed by atoms with Crippen molar-refractivity contribution in [3.8, 4) is 11.4 Å². The lowest BCUT2D eigenvalue weighted by Crippen LogP contribution is -2.33. The van der Waals surface area contributed by atoms with Crippen LogP contribution in [0.1, 0.15) is 12.3 Å². The summed E-state index contributed by atoms with van der Waals surface area (Å²) in [5, 5.41) is 3.56. The average molecular weight is 395 g/mol. The zero-order chi connectivity index (χ0) is 19.2. The van der Waals surface area contributed by atoms with Crippen molar-refractivity contribution in [2.45, 2.75) is 17.2 Å². The first kappa shape index (κ1) is 17.7. The Labute approximate surface area is 153 Å². The molecule has 1 aliphatic heterocycles. The van der Waals surface area contributed by atoms with Gasteiger partial charge in [0.2, 0.25) is 16.6 Å². The van der Waals surface area contributed by atoms with E-state index in [1.165, 1.54) is 41.2 Å². The topological polar surface area (TPSA) is 94.1 Å². The van der Waals surface area contributed by atoms with Gasteiger partial charge < -0.3 is 9.09 Å². The van der Waals surface area contributed by atoms with Crippen molar-refractivity contribution in [2.75, 3.05) is 13.1 Å². The predicted molar refractivity (Wildman–Crippen MR) is 89.1 cm³/mol. The average Bonchev–Trinajstić information content (AvgIpc) is 3.35. The van der Waals surface area contributed by atoms with E-state index in [1.54, 1.807) is 7.05 Å². The van der Waals surface area contributed by atoms with Crippen molar-refractivity contribution in [2.24, 2.45) is 7.05 Å². The highest BCUT2D eigenvalue weighted by Crippen LogP contribution is 2.38. The minimum Gasteiger partial charge on any atom is -0.335 e. The molecule has 1 unspecified atom stereocenters. The highest BCUT2D eigenvalue weighted by atomic mass is 32.2. The molecule has 1 aliphatic rings. The van der Waals surface area contributed by atoms with Crippen molar-refractivity contribution < 1.29 is 21.7 Å². The molecule has 1 aromatic carbocycles. The number of halogens is 2. The molecular weight excluding hydrogens is 380 g/mol. The molecule has 1 atom stereocenters. The SMILES string of the molecule is Cn1ccnc1S(=O)(=O)N1CCC(F)(c2nc(-c3ccc(F)cc3)no2)C1. The number of hydrogen-bond donors (Lipinski definition) is 0. The van der Waals surface area contributed by atoms with Gasteiger partial charge >= 0.3 is 0 Å². The zero-order valence-electron chi connectivity index (χ0n) is 14.2. The summed E-state index contributed by atoms with van der Waals surface area (Å²) in [6.45, 7) is -0.493. The van der Waals surface area contributed by atoms with Crippen LogP contribution in [0.25, 0.3) is 11.4 Å². The summed E-state index contributed by atoms with van der Waals surface area (Å²) in [7, 11) is -2.39. The van der Waals surface area contributed by atoms with Crippen LogP contribution in [0.3, 0.4) is 0 Å². The molecule has 0 aliphatic carbocycles. The second-order valence-corrected chi connectivity index (χ2v) is 8.14. The molecular formula is C16H15F2N5O3S. The van der Waals surface area contributed by atoms with Crippen LogP contribution in [0.5, 0.6) is 0 Å². The van der Waals surface area contributed by atoms with Crippen LogP contribution in [0.4, 0.5) is 8.78 Å². The molecule has 0 bridgehead atoms. The minimum atomic E-state index is -3.94. The predicted octanol–water partition coefficient (Wildman–Crippen LogP) is 1.87. The molecule has 27 heavy (non-hydrogen) atoms. The smallest absolute Gasteiger partial charge is 0.277 e. The van der Waals surface area contributed by atoms with Crippen molar-refractivity contribution in [3.05, 3.63) is 48.4 Å². The van der Waals surface area contributed by atoms with E-state index in [0.717, 1.165) is 4.31 Å². The lowest BCUT2D eigenvalue weighted by atomic mass is 10.1. The Balaban J connectivity index is 1.59. The Morgan fingerprint density at radius 1 is 1.26 bits per heavy atom. The van der Waals surface area contributed by atoms with Crippen molar-refractivity contribution >= 4 is 10.0 Å². The summed E-state index contributed by atoms with van der Waals surface area (Å²) in [5.41, 5.74) is -1.64. The van der Waals surface area contributed by atoms with Crippen molar-refractivity contribution in [1.29, 1.82) is 0 Å². The number of hydrogen-bond acceptors (Lipinski definition) is 6. The second kappa shape index (κ2) is 6.20. The van der Waals surface area contributed by atoms with Crippen LogP contribution in [-0.2, 0) is 22.7 Å². The van der Waals surface area contributed by atoms with Gasteiger partial charge in [-0.2, -0.15) is 9.29 Å². The molecule has 142 valence electrons. The van der Waals surface area contributed by atoms with E-state index in [-0.39, 0.29) is 29.8 Å². The molecule has 0 radical (unpaired) electrons. The van der Waals surface area contributed by atoms with Gasteiger partial charge in [0.15, 0.2) is 0 Å². The van der Waals surface area contributed by atoms with Crippen LogP contribution < -0.4 is 0 Å². The Bertz CT molecular complexity index is 1080. The number of benzene rings is 1. The summed E-state index contributed by atoms with van der Waals surface area (Å²) in [4.78, 5) is 7.88.